The fourth-order valence-electron chi connectivity index (χ4n) is 3.37. The van der Waals surface area contributed by atoms with Crippen LogP contribution in [0, 0.1) is 0 Å². The van der Waals surface area contributed by atoms with Gasteiger partial charge in [-0.2, -0.15) is 0 Å². The van der Waals surface area contributed by atoms with E-state index in [9.17, 15) is 18.0 Å². The Morgan fingerprint density at radius 2 is 1.71 bits per heavy atom. The van der Waals surface area contributed by atoms with Gasteiger partial charge in [0, 0.05) is 38.0 Å². The molecule has 0 saturated carbocycles. The maximum absolute atomic E-state index is 12.5. The third-order valence-corrected chi connectivity index (χ3v) is 6.03. The van der Waals surface area contributed by atoms with Crippen LogP contribution >= 0.6 is 15.9 Å². The van der Waals surface area contributed by atoms with Crippen molar-refractivity contribution in [1.82, 2.24) is 14.9 Å². The van der Waals surface area contributed by atoms with Gasteiger partial charge in [-0.1, -0.05) is 51.1 Å². The van der Waals surface area contributed by atoms with Gasteiger partial charge in [0.2, 0.25) is 0 Å². The van der Waals surface area contributed by atoms with Crippen LogP contribution in [0.1, 0.15) is 37.9 Å². The molecule has 11 heteroatoms. The van der Waals surface area contributed by atoms with Gasteiger partial charge in [-0.25, -0.2) is 14.8 Å². The van der Waals surface area contributed by atoms with E-state index in [1.807, 2.05) is 56.0 Å². The number of benzene rings is 1. The number of alkyl halides is 3. The predicted octanol–water partition coefficient (Wildman–Crippen LogP) is 5.07. The van der Waals surface area contributed by atoms with Gasteiger partial charge in [-0.05, 0) is 21.5 Å². The minimum atomic E-state index is -4.69. The number of halogens is 4. The highest BCUT2D eigenvalue weighted by molar-refractivity contribution is 9.10. The quantitative estimate of drug-likeness (QED) is 0.505. The zero-order valence-electron chi connectivity index (χ0n) is 19.4. The highest BCUT2D eigenvalue weighted by Crippen LogP contribution is 2.32. The number of nitrogens with zero attached hydrogens (tertiary/aromatic N) is 4. The van der Waals surface area contributed by atoms with E-state index in [4.69, 9.17) is 9.72 Å². The van der Waals surface area contributed by atoms with Crippen molar-refractivity contribution in [3.8, 4) is 0 Å². The molecule has 1 aromatic heterocycles. The zero-order chi connectivity index (χ0) is 24.9. The molecule has 0 spiro atoms. The number of ether oxygens (including phenoxy) is 2. The van der Waals surface area contributed by atoms with Gasteiger partial charge in [-0.3, -0.25) is 4.74 Å². The summed E-state index contributed by atoms with van der Waals surface area (Å²) in [4.78, 5) is 25.3. The van der Waals surface area contributed by atoms with Crippen molar-refractivity contribution >= 4 is 27.8 Å². The second-order valence-electron chi connectivity index (χ2n) is 8.94. The fourth-order valence-corrected chi connectivity index (χ4v) is 3.99. The lowest BCUT2D eigenvalue weighted by Crippen LogP contribution is -2.49. The van der Waals surface area contributed by atoms with Crippen molar-refractivity contribution < 1.29 is 27.4 Å². The molecule has 2 heterocycles. The number of aromatic nitrogens is 2. The first-order chi connectivity index (χ1) is 15.9. The van der Waals surface area contributed by atoms with E-state index in [-0.39, 0.29) is 19.1 Å². The van der Waals surface area contributed by atoms with E-state index < -0.39 is 18.4 Å². The lowest BCUT2D eigenvalue weighted by atomic mass is 9.95. The molecule has 1 amide bonds. The van der Waals surface area contributed by atoms with E-state index in [0.717, 1.165) is 5.56 Å². The second-order valence-corrected chi connectivity index (χ2v) is 9.73. The first-order valence-electron chi connectivity index (χ1n) is 10.9. The minimum absolute atomic E-state index is 0.0233. The number of rotatable bonds is 6. The number of hydrogen-bond acceptors (Lipinski definition) is 6. The summed E-state index contributed by atoms with van der Waals surface area (Å²) < 4.78 is 47.2. The van der Waals surface area contributed by atoms with E-state index in [2.05, 4.69) is 25.7 Å². The van der Waals surface area contributed by atoms with Crippen LogP contribution in [0.2, 0.25) is 0 Å². The zero-order valence-corrected chi connectivity index (χ0v) is 20.9. The number of carbonyl (C=O) groups excluding carboxylic acids is 1. The number of anilines is 1. The summed E-state index contributed by atoms with van der Waals surface area (Å²) in [7, 11) is 0. The molecule has 0 radical (unpaired) electrons. The van der Waals surface area contributed by atoms with Crippen LogP contribution in [-0.4, -0.2) is 60.1 Å². The average molecular weight is 545 g/mol. The van der Waals surface area contributed by atoms with Crippen LogP contribution in [0.3, 0.4) is 0 Å². The maximum Gasteiger partial charge on any atom is 0.522 e. The van der Waals surface area contributed by atoms with Gasteiger partial charge < -0.3 is 14.5 Å². The monoisotopic (exact) mass is 544 g/mol. The van der Waals surface area contributed by atoms with Crippen LogP contribution < -0.4 is 4.90 Å². The van der Waals surface area contributed by atoms with Crippen LogP contribution in [0.25, 0.3) is 0 Å². The van der Waals surface area contributed by atoms with Gasteiger partial charge in [-0.15, -0.1) is 13.2 Å². The summed E-state index contributed by atoms with van der Waals surface area (Å²) in [6, 6.07) is 9.45. The first kappa shape index (κ1) is 26.2. The van der Waals surface area contributed by atoms with Gasteiger partial charge >= 0.3 is 12.5 Å². The first-order valence-corrected chi connectivity index (χ1v) is 11.7. The molecular formula is C23H28BrF3N4O3. The molecule has 1 aliphatic rings. The Bertz CT molecular complexity index is 976. The van der Waals surface area contributed by atoms with Gasteiger partial charge in [0.15, 0.2) is 0 Å². The molecular weight excluding hydrogens is 517 g/mol. The number of piperazine rings is 1. The SMILES string of the molecule is CC(C)(C)c1nc(CCOC(F)(F)F)c(Br)c(N2CCN(C(=O)OCc3ccccc3)CC2)n1. The smallest absolute Gasteiger partial charge is 0.445 e. The fraction of sp³-hybridized carbons (Fsp3) is 0.522. The molecule has 34 heavy (non-hydrogen) atoms. The minimum Gasteiger partial charge on any atom is -0.445 e. The predicted molar refractivity (Wildman–Crippen MR) is 125 cm³/mol. The Morgan fingerprint density at radius 3 is 2.29 bits per heavy atom. The molecule has 186 valence electrons. The molecule has 1 fully saturated rings. The van der Waals surface area contributed by atoms with Gasteiger partial charge in [0.1, 0.15) is 18.2 Å². The summed E-state index contributed by atoms with van der Waals surface area (Å²) in [5, 5.41) is 0. The summed E-state index contributed by atoms with van der Waals surface area (Å²) in [6.07, 6.45) is -5.10. The summed E-state index contributed by atoms with van der Waals surface area (Å²) in [6.45, 7) is 7.35. The molecule has 0 bridgehead atoms. The van der Waals surface area contributed by atoms with Crippen LogP contribution in [0.5, 0.6) is 0 Å². The highest BCUT2D eigenvalue weighted by atomic mass is 79.9. The van der Waals surface area contributed by atoms with E-state index in [1.54, 1.807) is 4.90 Å². The Balaban J connectivity index is 1.67. The normalized spacial score (nSPS) is 14.9. The van der Waals surface area contributed by atoms with E-state index >= 15 is 0 Å². The molecule has 1 saturated heterocycles. The Kier molecular flexibility index (Phi) is 8.40. The topological polar surface area (TPSA) is 67.8 Å². The highest BCUT2D eigenvalue weighted by Gasteiger charge is 2.30. The lowest BCUT2D eigenvalue weighted by molar-refractivity contribution is -0.324. The standard InChI is InChI=1S/C23H28BrF3N4O3/c1-22(2,3)20-28-17(9-14-34-23(25,26)27)18(24)19(29-20)30-10-12-31(13-11-30)21(32)33-15-16-7-5-4-6-8-16/h4-8H,9-15H2,1-3H3. The van der Waals surface area contributed by atoms with Crippen LogP contribution in [0.15, 0.2) is 34.8 Å². The van der Waals surface area contributed by atoms with Crippen molar-refractivity contribution in [3.63, 3.8) is 0 Å². The Morgan fingerprint density at radius 1 is 1.06 bits per heavy atom. The molecule has 0 unspecified atom stereocenters. The van der Waals surface area contributed by atoms with Crippen LogP contribution in [0.4, 0.5) is 23.8 Å². The Hall–Kier alpha value is -2.40. The number of hydrogen-bond donors (Lipinski definition) is 0. The van der Waals surface area contributed by atoms with E-state index in [1.165, 1.54) is 0 Å². The summed E-state index contributed by atoms with van der Waals surface area (Å²) >= 11 is 3.48. The summed E-state index contributed by atoms with van der Waals surface area (Å²) in [5.41, 5.74) is 0.957. The third kappa shape index (κ3) is 7.30. The molecule has 3 rings (SSSR count). The van der Waals surface area contributed by atoms with Crippen molar-refractivity contribution in [2.24, 2.45) is 0 Å². The molecule has 1 aromatic carbocycles. The lowest BCUT2D eigenvalue weighted by Gasteiger charge is -2.36. The molecule has 0 atom stereocenters. The Labute approximate surface area is 205 Å². The van der Waals surface area contributed by atoms with Crippen LogP contribution in [-0.2, 0) is 27.9 Å². The van der Waals surface area contributed by atoms with E-state index in [0.29, 0.717) is 48.0 Å². The largest absolute Gasteiger partial charge is 0.522 e. The molecule has 0 N–H and O–H groups in total. The number of amides is 1. The summed E-state index contributed by atoms with van der Waals surface area (Å²) in [5.74, 6) is 1.12. The average Bonchev–Trinajstić information content (AvgIpc) is 2.78. The molecule has 2 aromatic rings. The maximum atomic E-state index is 12.5. The third-order valence-electron chi connectivity index (χ3n) is 5.22. The van der Waals surface area contributed by atoms with Crippen molar-refractivity contribution in [1.29, 1.82) is 0 Å². The van der Waals surface area contributed by atoms with Crippen molar-refractivity contribution in [3.05, 3.63) is 51.9 Å². The molecule has 7 nitrogen and oxygen atoms in total. The van der Waals surface area contributed by atoms with Gasteiger partial charge in [0.05, 0.1) is 16.8 Å². The second kappa shape index (κ2) is 10.9. The van der Waals surface area contributed by atoms with Gasteiger partial charge in [0.25, 0.3) is 0 Å². The van der Waals surface area contributed by atoms with Crippen molar-refractivity contribution in [2.45, 2.75) is 45.6 Å². The molecule has 0 aliphatic carbocycles. The number of carbonyl (C=O) groups is 1. The molecule has 1 aliphatic heterocycles. The van der Waals surface area contributed by atoms with Crippen molar-refractivity contribution in [2.75, 3.05) is 37.7 Å².